The lowest BCUT2D eigenvalue weighted by Gasteiger charge is -2.34. The van der Waals surface area contributed by atoms with Crippen molar-refractivity contribution >= 4 is 34.8 Å². The zero-order valence-electron chi connectivity index (χ0n) is 15.7. The van der Waals surface area contributed by atoms with Gasteiger partial charge in [0, 0.05) is 33.2 Å². The van der Waals surface area contributed by atoms with E-state index in [1.807, 2.05) is 12.1 Å². The minimum absolute atomic E-state index is 0.133. The standard InChI is InChI=1S/C21H22ClN3O3/c1-23-17-7-3-2-5-15(17)20(26)25(10-9-24-11-13-28-14-12-24)18-8-4-6-16(22)19(18)21(23)27/h2-8H,9-14H2,1H3. The molecule has 0 atom stereocenters. The van der Waals surface area contributed by atoms with Crippen LogP contribution in [0.25, 0.3) is 0 Å². The number of halogens is 1. The van der Waals surface area contributed by atoms with Gasteiger partial charge in [-0.25, -0.2) is 0 Å². The molecule has 2 aromatic carbocycles. The van der Waals surface area contributed by atoms with E-state index in [0.717, 1.165) is 13.1 Å². The van der Waals surface area contributed by atoms with Crippen molar-refractivity contribution in [2.75, 3.05) is 56.2 Å². The molecule has 0 aliphatic carbocycles. The third kappa shape index (κ3) is 3.39. The summed E-state index contributed by atoms with van der Waals surface area (Å²) in [6.07, 6.45) is 0. The smallest absolute Gasteiger partial charge is 0.261 e. The van der Waals surface area contributed by atoms with E-state index in [1.54, 1.807) is 42.3 Å². The van der Waals surface area contributed by atoms with Crippen LogP contribution in [0.2, 0.25) is 5.02 Å². The Morgan fingerprint density at radius 1 is 0.929 bits per heavy atom. The Kier molecular flexibility index (Phi) is 5.35. The molecule has 2 heterocycles. The van der Waals surface area contributed by atoms with E-state index in [2.05, 4.69) is 4.90 Å². The van der Waals surface area contributed by atoms with E-state index in [-0.39, 0.29) is 11.8 Å². The van der Waals surface area contributed by atoms with Gasteiger partial charge in [0.05, 0.1) is 40.7 Å². The Balaban J connectivity index is 1.77. The van der Waals surface area contributed by atoms with Crippen LogP contribution < -0.4 is 9.80 Å². The second-order valence-electron chi connectivity index (χ2n) is 6.93. The summed E-state index contributed by atoms with van der Waals surface area (Å²) in [5.74, 6) is -0.358. The molecular formula is C21H22ClN3O3. The highest BCUT2D eigenvalue weighted by atomic mass is 35.5. The average Bonchev–Trinajstić information content (AvgIpc) is 2.73. The zero-order valence-corrected chi connectivity index (χ0v) is 16.5. The highest BCUT2D eigenvalue weighted by Gasteiger charge is 2.32. The average molecular weight is 400 g/mol. The van der Waals surface area contributed by atoms with Gasteiger partial charge in [-0.05, 0) is 24.3 Å². The predicted molar refractivity (Wildman–Crippen MR) is 110 cm³/mol. The summed E-state index contributed by atoms with van der Waals surface area (Å²) >= 11 is 6.40. The predicted octanol–water partition coefficient (Wildman–Crippen LogP) is 2.91. The maximum absolute atomic E-state index is 13.5. The van der Waals surface area contributed by atoms with Crippen LogP contribution in [0.3, 0.4) is 0 Å². The molecule has 0 N–H and O–H groups in total. The van der Waals surface area contributed by atoms with Crippen molar-refractivity contribution in [3.63, 3.8) is 0 Å². The first-order valence-corrected chi connectivity index (χ1v) is 9.73. The van der Waals surface area contributed by atoms with Crippen LogP contribution in [0.5, 0.6) is 0 Å². The Labute approximate surface area is 169 Å². The van der Waals surface area contributed by atoms with Gasteiger partial charge < -0.3 is 14.5 Å². The summed E-state index contributed by atoms with van der Waals surface area (Å²) in [7, 11) is 1.67. The van der Waals surface area contributed by atoms with Crippen LogP contribution in [-0.2, 0) is 4.74 Å². The first-order valence-electron chi connectivity index (χ1n) is 9.35. The maximum atomic E-state index is 13.5. The van der Waals surface area contributed by atoms with Crippen LogP contribution >= 0.6 is 11.6 Å². The van der Waals surface area contributed by atoms with Gasteiger partial charge in [-0.1, -0.05) is 29.8 Å². The molecule has 4 rings (SSSR count). The van der Waals surface area contributed by atoms with Crippen molar-refractivity contribution in [2.24, 2.45) is 0 Å². The molecule has 7 heteroatoms. The fraction of sp³-hybridized carbons (Fsp3) is 0.333. The number of amides is 2. The Bertz CT molecular complexity index is 912. The highest BCUT2D eigenvalue weighted by molar-refractivity contribution is 6.36. The zero-order chi connectivity index (χ0) is 19.7. The maximum Gasteiger partial charge on any atom is 0.261 e. The fourth-order valence-electron chi connectivity index (χ4n) is 3.72. The van der Waals surface area contributed by atoms with Crippen LogP contribution in [0, 0.1) is 0 Å². The van der Waals surface area contributed by atoms with Crippen molar-refractivity contribution in [1.82, 2.24) is 4.90 Å². The third-order valence-electron chi connectivity index (χ3n) is 5.29. The number of ether oxygens (including phenoxy) is 1. The molecule has 2 aromatic rings. The molecule has 1 saturated heterocycles. The van der Waals surface area contributed by atoms with E-state index in [4.69, 9.17) is 16.3 Å². The number of morpholine rings is 1. The quantitative estimate of drug-likeness (QED) is 0.796. The highest BCUT2D eigenvalue weighted by Crippen LogP contribution is 2.35. The molecule has 1 fully saturated rings. The molecule has 2 aliphatic rings. The monoisotopic (exact) mass is 399 g/mol. The lowest BCUT2D eigenvalue weighted by Crippen LogP contribution is -2.45. The topological polar surface area (TPSA) is 53.1 Å². The van der Waals surface area contributed by atoms with Crippen LogP contribution in [0.1, 0.15) is 20.7 Å². The Morgan fingerprint density at radius 2 is 1.64 bits per heavy atom. The summed E-state index contributed by atoms with van der Waals surface area (Å²) in [6.45, 7) is 4.24. The SMILES string of the molecule is CN1C(=O)c2c(Cl)cccc2N(CCN2CCOCC2)C(=O)c2ccccc21. The first kappa shape index (κ1) is 18.9. The summed E-state index contributed by atoms with van der Waals surface area (Å²) in [4.78, 5) is 32.1. The van der Waals surface area contributed by atoms with Gasteiger partial charge in [-0.15, -0.1) is 0 Å². The number of carbonyl (C=O) groups excluding carboxylic acids is 2. The van der Waals surface area contributed by atoms with Gasteiger partial charge in [0.1, 0.15) is 0 Å². The lowest BCUT2D eigenvalue weighted by molar-refractivity contribution is 0.0391. The second-order valence-corrected chi connectivity index (χ2v) is 7.33. The molecule has 2 aliphatic heterocycles. The van der Waals surface area contributed by atoms with Gasteiger partial charge in [-0.3, -0.25) is 14.5 Å². The molecule has 0 radical (unpaired) electrons. The molecule has 0 spiro atoms. The molecule has 2 amide bonds. The minimum Gasteiger partial charge on any atom is -0.379 e. The largest absolute Gasteiger partial charge is 0.379 e. The number of anilines is 2. The van der Waals surface area contributed by atoms with Crippen molar-refractivity contribution in [1.29, 1.82) is 0 Å². The minimum atomic E-state index is -0.225. The number of nitrogens with zero attached hydrogens (tertiary/aromatic N) is 3. The van der Waals surface area contributed by atoms with E-state index >= 15 is 0 Å². The Morgan fingerprint density at radius 3 is 2.43 bits per heavy atom. The number of fused-ring (bicyclic) bond motifs is 2. The van der Waals surface area contributed by atoms with Gasteiger partial charge in [-0.2, -0.15) is 0 Å². The van der Waals surface area contributed by atoms with Gasteiger partial charge in [0.15, 0.2) is 0 Å². The van der Waals surface area contributed by atoms with Crippen LogP contribution in [-0.4, -0.2) is 63.2 Å². The van der Waals surface area contributed by atoms with E-state index < -0.39 is 0 Å². The molecular weight excluding hydrogens is 378 g/mol. The van der Waals surface area contributed by atoms with Crippen LogP contribution in [0.15, 0.2) is 42.5 Å². The number of para-hydroxylation sites is 1. The number of carbonyl (C=O) groups is 2. The van der Waals surface area contributed by atoms with Gasteiger partial charge in [0.25, 0.3) is 11.8 Å². The van der Waals surface area contributed by atoms with Crippen molar-refractivity contribution in [3.05, 3.63) is 58.6 Å². The molecule has 0 bridgehead atoms. The number of rotatable bonds is 3. The molecule has 146 valence electrons. The van der Waals surface area contributed by atoms with Crippen LogP contribution in [0.4, 0.5) is 11.4 Å². The third-order valence-corrected chi connectivity index (χ3v) is 5.60. The molecule has 28 heavy (non-hydrogen) atoms. The van der Waals surface area contributed by atoms with Crippen molar-refractivity contribution in [3.8, 4) is 0 Å². The van der Waals surface area contributed by atoms with E-state index in [1.165, 1.54) is 4.90 Å². The number of benzene rings is 2. The normalized spacial score (nSPS) is 17.8. The second kappa shape index (κ2) is 7.91. The fourth-order valence-corrected chi connectivity index (χ4v) is 3.97. The molecule has 6 nitrogen and oxygen atoms in total. The van der Waals surface area contributed by atoms with Gasteiger partial charge >= 0.3 is 0 Å². The molecule has 0 saturated carbocycles. The van der Waals surface area contributed by atoms with Crippen molar-refractivity contribution < 1.29 is 14.3 Å². The van der Waals surface area contributed by atoms with E-state index in [0.29, 0.717) is 53.8 Å². The summed E-state index contributed by atoms with van der Waals surface area (Å²) in [5, 5.41) is 0.345. The summed E-state index contributed by atoms with van der Waals surface area (Å²) in [6, 6.07) is 12.4. The summed E-state index contributed by atoms with van der Waals surface area (Å²) in [5.41, 5.74) is 2.00. The molecule has 0 aromatic heterocycles. The Hall–Kier alpha value is -2.41. The number of hydrogen-bond donors (Lipinski definition) is 0. The van der Waals surface area contributed by atoms with Gasteiger partial charge in [0.2, 0.25) is 0 Å². The van der Waals surface area contributed by atoms with Crippen molar-refractivity contribution in [2.45, 2.75) is 0 Å². The first-order chi connectivity index (χ1) is 13.6. The summed E-state index contributed by atoms with van der Waals surface area (Å²) < 4.78 is 5.40. The molecule has 0 unspecified atom stereocenters. The lowest BCUT2D eigenvalue weighted by atomic mass is 10.0. The number of hydrogen-bond acceptors (Lipinski definition) is 4. The van der Waals surface area contributed by atoms with E-state index in [9.17, 15) is 9.59 Å².